The molecule has 0 aliphatic heterocycles. The second-order valence-electron chi connectivity index (χ2n) is 7.48. The number of ketones is 1. The largest absolute Gasteiger partial charge is 0.344 e. The molecule has 0 bridgehead atoms. The molecule has 4 N–H and O–H groups in total. The molecule has 0 saturated heterocycles. The molecule has 0 spiro atoms. The van der Waals surface area contributed by atoms with Gasteiger partial charge in [0.2, 0.25) is 10.7 Å². The van der Waals surface area contributed by atoms with E-state index in [1.165, 1.54) is 77.0 Å². The molecule has 1 atom stereocenters. The van der Waals surface area contributed by atoms with E-state index in [-0.39, 0.29) is 16.9 Å². The molecule has 0 aromatic rings. The lowest BCUT2D eigenvalue weighted by atomic mass is 9.98. The van der Waals surface area contributed by atoms with E-state index in [0.717, 1.165) is 25.7 Å². The number of rotatable bonds is 1. The normalized spacial score (nSPS) is 24.0. The van der Waals surface area contributed by atoms with Crippen molar-refractivity contribution in [2.45, 2.75) is 122 Å². The molecule has 1 aliphatic carbocycles. The zero-order chi connectivity index (χ0) is 17.5. The van der Waals surface area contributed by atoms with Gasteiger partial charge in [0.05, 0.1) is 4.91 Å². The van der Waals surface area contributed by atoms with Crippen LogP contribution in [0.5, 0.6) is 0 Å². The summed E-state index contributed by atoms with van der Waals surface area (Å²) in [5, 5.41) is 9.22. The van der Waals surface area contributed by atoms with Crippen LogP contribution in [0.15, 0.2) is 0 Å². The molecular weight excluding hydrogens is 316 g/mol. The third kappa shape index (κ3) is 13.0. The van der Waals surface area contributed by atoms with Crippen LogP contribution < -0.4 is 6.15 Å². The van der Waals surface area contributed by atoms with Gasteiger partial charge in [0.15, 0.2) is 0 Å². The quantitative estimate of drug-likeness (QED) is 0.539. The number of Topliss-reactive ketones (excluding diaryl/α,β-unsaturated/α-hetero) is 1. The molecule has 0 radical (unpaired) electrons. The number of carbonyl (C=O) groups excluding carboxylic acids is 1. The molecule has 1 rings (SSSR count). The molecule has 0 heterocycles. The molecule has 0 aromatic carbocycles. The minimum atomic E-state index is -0.837. The number of carbonyl (C=O) groups is 1. The molecule has 1 aliphatic rings. The first kappa shape index (κ1) is 24.0. The summed E-state index contributed by atoms with van der Waals surface area (Å²) in [5.41, 5.74) is 0. The fourth-order valence-corrected chi connectivity index (χ4v) is 3.67. The Kier molecular flexibility index (Phi) is 15.9. The molecule has 0 amide bonds. The Morgan fingerprint density at radius 3 is 1.32 bits per heavy atom. The minimum absolute atomic E-state index is 0. The highest BCUT2D eigenvalue weighted by molar-refractivity contribution is 5.82. The number of hydrogen-bond donors (Lipinski definition) is 2. The van der Waals surface area contributed by atoms with Crippen LogP contribution in [-0.4, -0.2) is 22.0 Å². The van der Waals surface area contributed by atoms with Gasteiger partial charge < -0.3 is 6.15 Å². The van der Waals surface area contributed by atoms with Crippen molar-refractivity contribution in [2.24, 2.45) is 0 Å². The standard InChI is InChI=1S/C20H38NO3.H3N/c22-20-18-16-14-12-10-8-6-4-2-1-3-5-7-9-11-13-15-17-19(20)21(23)24;/h19H,1-18H2,(H,23,24);1H3/q+1;. The summed E-state index contributed by atoms with van der Waals surface area (Å²) < 4.78 is 0. The summed E-state index contributed by atoms with van der Waals surface area (Å²) in [5.74, 6) is -0.0816. The number of hydrogen-bond acceptors (Lipinski definition) is 3. The maximum atomic E-state index is 12.1. The predicted molar refractivity (Wildman–Crippen MR) is 102 cm³/mol. The highest BCUT2D eigenvalue weighted by Gasteiger charge is 2.32. The molecule has 0 aromatic heterocycles. The zero-order valence-corrected chi connectivity index (χ0v) is 16.2. The summed E-state index contributed by atoms with van der Waals surface area (Å²) >= 11 is 0. The minimum Gasteiger partial charge on any atom is -0.344 e. The van der Waals surface area contributed by atoms with Gasteiger partial charge in [0.25, 0.3) is 0 Å². The Hall–Kier alpha value is -0.970. The Balaban J connectivity index is 0.00000576. The maximum Gasteiger partial charge on any atom is 0.314 e. The van der Waals surface area contributed by atoms with Crippen LogP contribution in [0.25, 0.3) is 0 Å². The first-order valence-corrected chi connectivity index (χ1v) is 10.4. The molecule has 148 valence electrons. The van der Waals surface area contributed by atoms with Crippen LogP contribution in [0.4, 0.5) is 0 Å². The van der Waals surface area contributed by atoms with Crippen molar-refractivity contribution >= 4 is 5.78 Å². The average Bonchev–Trinajstić information content (AvgIpc) is 2.55. The molecule has 5 heteroatoms. The topological polar surface area (TPSA) is 92.4 Å². The second kappa shape index (κ2) is 16.5. The fourth-order valence-electron chi connectivity index (χ4n) is 3.67. The van der Waals surface area contributed by atoms with E-state index in [0.29, 0.717) is 12.8 Å². The first-order chi connectivity index (χ1) is 11.7. The van der Waals surface area contributed by atoms with Gasteiger partial charge in [-0.2, -0.15) is 0 Å². The van der Waals surface area contributed by atoms with Crippen LogP contribution in [-0.2, 0) is 4.79 Å². The highest BCUT2D eigenvalue weighted by Crippen LogP contribution is 2.16. The lowest BCUT2D eigenvalue weighted by Crippen LogP contribution is -2.30. The van der Waals surface area contributed by atoms with Crippen LogP contribution in [0, 0.1) is 4.91 Å². The van der Waals surface area contributed by atoms with Crippen LogP contribution >= 0.6 is 0 Å². The van der Waals surface area contributed by atoms with Gasteiger partial charge in [-0.3, -0.25) is 4.79 Å². The zero-order valence-electron chi connectivity index (χ0n) is 16.2. The van der Waals surface area contributed by atoms with Gasteiger partial charge in [-0.1, -0.05) is 89.9 Å². The average molecular weight is 358 g/mol. The van der Waals surface area contributed by atoms with Crippen molar-refractivity contribution in [3.8, 4) is 0 Å². The summed E-state index contributed by atoms with van der Waals surface area (Å²) in [6.07, 6.45) is 20.4. The van der Waals surface area contributed by atoms with Crippen molar-refractivity contribution in [2.75, 3.05) is 0 Å². The Bertz CT molecular complexity index is 348. The van der Waals surface area contributed by atoms with E-state index in [4.69, 9.17) is 0 Å². The first-order valence-electron chi connectivity index (χ1n) is 10.4. The van der Waals surface area contributed by atoms with Gasteiger partial charge in [-0.05, 0) is 12.8 Å². The molecular formula is C20H41N2O3+. The molecule has 1 unspecified atom stereocenters. The molecule has 1 fully saturated rings. The molecule has 25 heavy (non-hydrogen) atoms. The van der Waals surface area contributed by atoms with E-state index >= 15 is 0 Å². The fraction of sp³-hybridized carbons (Fsp3) is 0.950. The van der Waals surface area contributed by atoms with Gasteiger partial charge in [-0.25, -0.2) is 5.21 Å². The summed E-state index contributed by atoms with van der Waals surface area (Å²) in [6, 6.07) is -0.837. The maximum absolute atomic E-state index is 12.1. The summed E-state index contributed by atoms with van der Waals surface area (Å²) in [4.78, 5) is 23.3. The van der Waals surface area contributed by atoms with Crippen molar-refractivity contribution in [3.63, 3.8) is 0 Å². The third-order valence-electron chi connectivity index (χ3n) is 5.29. The Labute approximate surface area is 154 Å². The van der Waals surface area contributed by atoms with Crippen LogP contribution in [0.2, 0.25) is 0 Å². The lowest BCUT2D eigenvalue weighted by molar-refractivity contribution is -0.806. The summed E-state index contributed by atoms with van der Waals surface area (Å²) in [7, 11) is 0. The lowest BCUT2D eigenvalue weighted by Gasteiger charge is -2.07. The van der Waals surface area contributed by atoms with E-state index in [2.05, 4.69) is 0 Å². The molecule has 5 nitrogen and oxygen atoms in total. The van der Waals surface area contributed by atoms with Crippen molar-refractivity contribution in [3.05, 3.63) is 4.91 Å². The highest BCUT2D eigenvalue weighted by atomic mass is 16.6. The van der Waals surface area contributed by atoms with E-state index in [9.17, 15) is 14.9 Å². The van der Waals surface area contributed by atoms with Gasteiger partial charge in [0, 0.05) is 12.8 Å². The number of nitrogens with zero attached hydrogens (tertiary/aromatic N) is 1. The predicted octanol–water partition coefficient (Wildman–Crippen LogP) is 6.29. The van der Waals surface area contributed by atoms with E-state index in [1.807, 2.05) is 0 Å². The third-order valence-corrected chi connectivity index (χ3v) is 5.29. The van der Waals surface area contributed by atoms with Crippen molar-refractivity contribution in [1.29, 1.82) is 0 Å². The Morgan fingerprint density at radius 1 is 0.640 bits per heavy atom. The monoisotopic (exact) mass is 357 g/mol. The molecule has 1 saturated carbocycles. The van der Waals surface area contributed by atoms with E-state index < -0.39 is 6.04 Å². The van der Waals surface area contributed by atoms with Crippen molar-refractivity contribution < 1.29 is 14.9 Å². The smallest absolute Gasteiger partial charge is 0.314 e. The SMILES string of the molecule is N.O=C1CCCCCCCCCCCCCCCCCCC1[N+](=O)O. The van der Waals surface area contributed by atoms with Gasteiger partial charge >= 0.3 is 6.04 Å². The second-order valence-corrected chi connectivity index (χ2v) is 7.48. The van der Waals surface area contributed by atoms with Crippen molar-refractivity contribution in [1.82, 2.24) is 6.15 Å². The Morgan fingerprint density at radius 2 is 0.960 bits per heavy atom. The van der Waals surface area contributed by atoms with Gasteiger partial charge in [0.1, 0.15) is 0 Å². The van der Waals surface area contributed by atoms with Gasteiger partial charge in [-0.15, -0.1) is 0 Å². The van der Waals surface area contributed by atoms with Crippen LogP contribution in [0.3, 0.4) is 0 Å². The van der Waals surface area contributed by atoms with E-state index in [1.54, 1.807) is 0 Å². The van der Waals surface area contributed by atoms with Crippen LogP contribution in [0.1, 0.15) is 116 Å². The summed E-state index contributed by atoms with van der Waals surface area (Å²) in [6.45, 7) is 0.